The SMILES string of the molecule is COc1cccc2cc(CNCCN3C(=O)C4CC(C3=O)C3C4C4C5CC6C4C6C53)oc12. The fraction of sp³-hybridized carbons (Fsp3) is 0.615. The van der Waals surface area contributed by atoms with Crippen LogP contribution < -0.4 is 10.1 Å². The number of rotatable bonds is 6. The maximum Gasteiger partial charge on any atom is 0.232 e. The Labute approximate surface area is 186 Å². The smallest absolute Gasteiger partial charge is 0.232 e. The van der Waals surface area contributed by atoms with Gasteiger partial charge < -0.3 is 14.5 Å². The Morgan fingerprint density at radius 1 is 1.00 bits per heavy atom. The molecule has 2 amide bonds. The van der Waals surface area contributed by atoms with Crippen molar-refractivity contribution in [1.82, 2.24) is 10.2 Å². The number of imide groups is 1. The van der Waals surface area contributed by atoms with Crippen molar-refractivity contribution >= 4 is 22.8 Å². The molecule has 1 aromatic heterocycles. The first-order valence-electron chi connectivity index (χ1n) is 12.3. The number of carbonyl (C=O) groups excluding carboxylic acids is 2. The summed E-state index contributed by atoms with van der Waals surface area (Å²) in [5, 5.41) is 4.38. The average molecular weight is 433 g/mol. The summed E-state index contributed by atoms with van der Waals surface area (Å²) in [4.78, 5) is 28.3. The molecule has 2 heterocycles. The molecular weight excluding hydrogens is 404 g/mol. The molecule has 9 rings (SSSR count). The molecule has 7 aliphatic rings. The van der Waals surface area contributed by atoms with Crippen molar-refractivity contribution in [1.29, 1.82) is 0 Å². The minimum absolute atomic E-state index is 0.114. The van der Waals surface area contributed by atoms with Crippen molar-refractivity contribution in [3.05, 3.63) is 30.0 Å². The predicted molar refractivity (Wildman–Crippen MR) is 115 cm³/mol. The Hall–Kier alpha value is -2.34. The van der Waals surface area contributed by atoms with Crippen molar-refractivity contribution < 1.29 is 18.7 Å². The lowest BCUT2D eigenvalue weighted by Crippen LogP contribution is -2.50. The van der Waals surface area contributed by atoms with E-state index in [0.29, 0.717) is 31.5 Å². The number of nitrogens with zero attached hydrogens (tertiary/aromatic N) is 1. The lowest BCUT2D eigenvalue weighted by atomic mass is 9.76. The highest BCUT2D eigenvalue weighted by molar-refractivity contribution is 6.01. The van der Waals surface area contributed by atoms with Crippen LogP contribution in [0.3, 0.4) is 0 Å². The van der Waals surface area contributed by atoms with E-state index in [9.17, 15) is 9.59 Å². The second-order valence-electron chi connectivity index (χ2n) is 11.1. The van der Waals surface area contributed by atoms with E-state index >= 15 is 0 Å². The maximum absolute atomic E-state index is 13.4. The molecule has 1 N–H and O–H groups in total. The molecule has 32 heavy (non-hydrogen) atoms. The van der Waals surface area contributed by atoms with Crippen LogP contribution in [0.1, 0.15) is 18.6 Å². The molecule has 6 saturated carbocycles. The normalized spacial score (nSPS) is 44.1. The number of piperidine rings is 1. The number of hydrogen-bond donors (Lipinski definition) is 1. The van der Waals surface area contributed by atoms with E-state index in [4.69, 9.17) is 9.15 Å². The van der Waals surface area contributed by atoms with E-state index in [-0.39, 0.29) is 23.7 Å². The van der Waals surface area contributed by atoms with Crippen LogP contribution >= 0.6 is 0 Å². The van der Waals surface area contributed by atoms with Gasteiger partial charge in [-0.1, -0.05) is 12.1 Å². The van der Waals surface area contributed by atoms with Crippen molar-refractivity contribution in [3.8, 4) is 5.75 Å². The molecule has 1 aliphatic heterocycles. The number of likely N-dealkylation sites (tertiary alicyclic amines) is 1. The largest absolute Gasteiger partial charge is 0.493 e. The molecule has 7 fully saturated rings. The number of amides is 2. The lowest BCUT2D eigenvalue weighted by Gasteiger charge is -2.32. The molecule has 6 nitrogen and oxygen atoms in total. The fourth-order valence-electron chi connectivity index (χ4n) is 9.54. The highest BCUT2D eigenvalue weighted by Gasteiger charge is 2.83. The Bertz CT molecular complexity index is 1130. The first-order valence-corrected chi connectivity index (χ1v) is 12.3. The van der Waals surface area contributed by atoms with Crippen LogP contribution in [0.2, 0.25) is 0 Å². The molecule has 6 heteroatoms. The number of furan rings is 1. The van der Waals surface area contributed by atoms with E-state index in [1.807, 2.05) is 24.3 Å². The van der Waals surface area contributed by atoms with Gasteiger partial charge in [0.25, 0.3) is 0 Å². The van der Waals surface area contributed by atoms with E-state index in [1.54, 1.807) is 12.0 Å². The van der Waals surface area contributed by atoms with Gasteiger partial charge in [-0.2, -0.15) is 0 Å². The average Bonchev–Trinajstić information content (AvgIpc) is 3.38. The first kappa shape index (κ1) is 18.1. The Morgan fingerprint density at radius 3 is 2.34 bits per heavy atom. The van der Waals surface area contributed by atoms with Crippen molar-refractivity contribution in [3.63, 3.8) is 0 Å². The second kappa shape index (κ2) is 5.96. The summed E-state index contributed by atoms with van der Waals surface area (Å²) < 4.78 is 11.3. The van der Waals surface area contributed by atoms with Gasteiger partial charge in [0.05, 0.1) is 13.7 Å². The highest BCUT2D eigenvalue weighted by Crippen LogP contribution is 2.86. The molecule has 1 saturated heterocycles. The van der Waals surface area contributed by atoms with Crippen LogP contribution in [0.4, 0.5) is 0 Å². The van der Waals surface area contributed by atoms with Crippen LogP contribution in [0.15, 0.2) is 28.7 Å². The molecule has 8 atom stereocenters. The van der Waals surface area contributed by atoms with Gasteiger partial charge in [-0.3, -0.25) is 14.5 Å². The van der Waals surface area contributed by atoms with Gasteiger partial charge >= 0.3 is 0 Å². The maximum atomic E-state index is 13.4. The molecule has 0 radical (unpaired) electrons. The number of methoxy groups -OCH3 is 1. The minimum Gasteiger partial charge on any atom is -0.493 e. The molecule has 8 bridgehead atoms. The summed E-state index contributed by atoms with van der Waals surface area (Å²) in [6.07, 6.45) is 2.24. The zero-order valence-corrected chi connectivity index (χ0v) is 18.2. The number of para-hydroxylation sites is 1. The Balaban J connectivity index is 0.949. The van der Waals surface area contributed by atoms with Gasteiger partial charge in [-0.25, -0.2) is 0 Å². The van der Waals surface area contributed by atoms with Crippen LogP contribution in [-0.2, 0) is 16.1 Å². The number of benzene rings is 1. The Kier molecular flexibility index (Phi) is 3.38. The molecular formula is C26H28N2O4. The second-order valence-corrected chi connectivity index (χ2v) is 11.1. The quantitative estimate of drug-likeness (QED) is 0.561. The predicted octanol–water partition coefficient (Wildman–Crippen LogP) is 2.91. The van der Waals surface area contributed by atoms with Gasteiger partial charge in [0, 0.05) is 30.3 Å². The van der Waals surface area contributed by atoms with Gasteiger partial charge in [0.1, 0.15) is 5.76 Å². The molecule has 8 unspecified atom stereocenters. The molecule has 1 aromatic carbocycles. The van der Waals surface area contributed by atoms with E-state index < -0.39 is 0 Å². The number of carbonyl (C=O) groups is 2. The first-order chi connectivity index (χ1) is 15.7. The number of ether oxygens (including phenoxy) is 1. The topological polar surface area (TPSA) is 71.8 Å². The fourth-order valence-corrected chi connectivity index (χ4v) is 9.54. The zero-order chi connectivity index (χ0) is 21.3. The monoisotopic (exact) mass is 432 g/mol. The summed E-state index contributed by atoms with van der Waals surface area (Å²) >= 11 is 0. The number of fused-ring (bicyclic) bond motifs is 6. The lowest BCUT2D eigenvalue weighted by molar-refractivity contribution is -0.154. The third kappa shape index (κ3) is 2.02. The molecule has 0 spiro atoms. The molecule has 6 aliphatic carbocycles. The summed E-state index contributed by atoms with van der Waals surface area (Å²) in [6.45, 7) is 1.61. The number of nitrogens with one attached hydrogen (secondary N) is 1. The van der Waals surface area contributed by atoms with E-state index in [2.05, 4.69) is 5.32 Å². The summed E-state index contributed by atoms with van der Waals surface area (Å²) in [5.74, 6) is 8.26. The van der Waals surface area contributed by atoms with Gasteiger partial charge in [0.15, 0.2) is 11.3 Å². The molecule has 2 aromatic rings. The van der Waals surface area contributed by atoms with Crippen LogP contribution in [0.5, 0.6) is 5.75 Å². The van der Waals surface area contributed by atoms with Crippen molar-refractivity contribution in [2.75, 3.05) is 20.2 Å². The zero-order valence-electron chi connectivity index (χ0n) is 18.2. The van der Waals surface area contributed by atoms with E-state index in [1.165, 1.54) is 6.42 Å². The molecule has 166 valence electrons. The van der Waals surface area contributed by atoms with Crippen LogP contribution in [0, 0.1) is 59.2 Å². The highest BCUT2D eigenvalue weighted by atomic mass is 16.5. The van der Waals surface area contributed by atoms with Gasteiger partial charge in [-0.15, -0.1) is 0 Å². The van der Waals surface area contributed by atoms with Crippen LogP contribution in [0.25, 0.3) is 11.0 Å². The third-order valence-corrected chi connectivity index (χ3v) is 10.2. The Morgan fingerprint density at radius 2 is 1.69 bits per heavy atom. The van der Waals surface area contributed by atoms with Gasteiger partial charge in [0.2, 0.25) is 11.8 Å². The number of hydrogen-bond acceptors (Lipinski definition) is 5. The standard InChI is InChI=1S/C26H28N2O4/c1-31-17-4-2-3-11-7-12(32-24(11)17)10-27-5-6-28-25(29)15-9-16(26(28)30)23-21-14-8-13-18(19(13)21)20(14)22(15)23/h2-4,7,13-16,18-23,27H,5-6,8-10H2,1H3. The van der Waals surface area contributed by atoms with E-state index in [0.717, 1.165) is 64.4 Å². The van der Waals surface area contributed by atoms with Crippen molar-refractivity contribution in [2.45, 2.75) is 19.4 Å². The third-order valence-electron chi connectivity index (χ3n) is 10.2. The van der Waals surface area contributed by atoms with Gasteiger partial charge in [-0.05, 0) is 72.3 Å². The minimum atomic E-state index is 0.114. The summed E-state index contributed by atoms with van der Waals surface area (Å²) in [7, 11) is 1.64. The van der Waals surface area contributed by atoms with Crippen molar-refractivity contribution in [2.24, 2.45) is 59.2 Å². The summed E-state index contributed by atoms with van der Waals surface area (Å²) in [6, 6.07) is 7.85. The summed E-state index contributed by atoms with van der Waals surface area (Å²) in [5.41, 5.74) is 0.752. The van der Waals surface area contributed by atoms with Crippen LogP contribution in [-0.4, -0.2) is 36.9 Å².